The van der Waals surface area contributed by atoms with Gasteiger partial charge in [-0.2, -0.15) is 4.31 Å². The molecule has 2 bridgehead atoms. The van der Waals surface area contributed by atoms with Crippen molar-refractivity contribution in [3.8, 4) is 0 Å². The molecule has 2 atom stereocenters. The molecule has 20 heavy (non-hydrogen) atoms. The monoisotopic (exact) mass is 299 g/mol. The van der Waals surface area contributed by atoms with Gasteiger partial charge in [-0.25, -0.2) is 24.2 Å². The average molecular weight is 299 g/mol. The molecule has 0 amide bonds. The first-order valence-corrected chi connectivity index (χ1v) is 7.96. The van der Waals surface area contributed by atoms with Crippen molar-refractivity contribution in [3.63, 3.8) is 0 Å². The number of aliphatic hydroxyl groups excluding tert-OH is 1. The van der Waals surface area contributed by atoms with Crippen LogP contribution in [-0.2, 0) is 10.0 Å². The van der Waals surface area contributed by atoms with Gasteiger partial charge in [-0.1, -0.05) is 0 Å². The minimum atomic E-state index is -3.62. The van der Waals surface area contributed by atoms with Crippen molar-refractivity contribution < 1.29 is 13.5 Å². The van der Waals surface area contributed by atoms with Crippen LogP contribution in [0.2, 0.25) is 0 Å². The van der Waals surface area contributed by atoms with Gasteiger partial charge < -0.3 is 5.11 Å². The third kappa shape index (κ3) is 2.16. The normalized spacial score (nSPS) is 30.4. The Balaban J connectivity index is 1.92. The summed E-state index contributed by atoms with van der Waals surface area (Å²) < 4.78 is 26.9. The molecule has 1 aromatic heterocycles. The molecule has 110 valence electrons. The molecule has 0 aromatic carbocycles. The Bertz CT molecular complexity index is 577. The number of hydrogen-bond acceptors (Lipinski definition) is 7. The molecule has 0 spiro atoms. The largest absolute Gasteiger partial charge is 0.393 e. The second-order valence-corrected chi connectivity index (χ2v) is 7.08. The van der Waals surface area contributed by atoms with Crippen LogP contribution in [0, 0.1) is 0 Å². The van der Waals surface area contributed by atoms with Crippen LogP contribution in [0.25, 0.3) is 0 Å². The fourth-order valence-corrected chi connectivity index (χ4v) is 4.93. The third-order valence-electron chi connectivity index (χ3n) is 3.97. The lowest BCUT2D eigenvalue weighted by molar-refractivity contribution is 0.0768. The minimum Gasteiger partial charge on any atom is -0.393 e. The molecule has 1 aromatic rings. The van der Waals surface area contributed by atoms with E-state index < -0.39 is 16.1 Å². The summed E-state index contributed by atoms with van der Waals surface area (Å²) in [7, 11) is -3.62. The molecule has 8 nitrogen and oxygen atoms in total. The Morgan fingerprint density at radius 1 is 1.25 bits per heavy atom. The highest BCUT2D eigenvalue weighted by Gasteiger charge is 2.47. The number of hydrogen-bond donors (Lipinski definition) is 3. The predicted octanol–water partition coefficient (Wildman–Crippen LogP) is -0.561. The van der Waals surface area contributed by atoms with E-state index in [0.717, 1.165) is 12.8 Å². The lowest BCUT2D eigenvalue weighted by Crippen LogP contribution is -2.47. The van der Waals surface area contributed by atoms with Crippen LogP contribution in [-0.4, -0.2) is 46.0 Å². The van der Waals surface area contributed by atoms with E-state index in [0.29, 0.717) is 12.8 Å². The van der Waals surface area contributed by atoms with E-state index in [9.17, 15) is 13.5 Å². The van der Waals surface area contributed by atoms with E-state index >= 15 is 0 Å². The fraction of sp³-hybridized carbons (Fsp3) is 0.636. The number of fused-ring (bicyclic) bond motifs is 2. The molecule has 2 aliphatic heterocycles. The maximum Gasteiger partial charge on any atom is 0.246 e. The highest BCUT2D eigenvalue weighted by atomic mass is 32.2. The van der Waals surface area contributed by atoms with Gasteiger partial charge in [0.05, 0.1) is 18.5 Å². The van der Waals surface area contributed by atoms with Crippen molar-refractivity contribution in [3.05, 3.63) is 12.4 Å². The molecule has 0 aliphatic carbocycles. The Morgan fingerprint density at radius 3 is 2.30 bits per heavy atom. The molecule has 2 unspecified atom stereocenters. The summed E-state index contributed by atoms with van der Waals surface area (Å²) in [4.78, 5) is 7.74. The molecular formula is C11H17N5O3S. The Kier molecular flexibility index (Phi) is 3.36. The van der Waals surface area contributed by atoms with E-state index in [1.165, 1.54) is 16.7 Å². The van der Waals surface area contributed by atoms with Crippen LogP contribution in [0.3, 0.4) is 0 Å². The zero-order valence-electron chi connectivity index (χ0n) is 10.8. The Hall–Kier alpha value is -1.29. The number of hydrazine groups is 1. The smallest absolute Gasteiger partial charge is 0.246 e. The molecular weight excluding hydrogens is 282 g/mol. The van der Waals surface area contributed by atoms with Gasteiger partial charge in [0.2, 0.25) is 16.0 Å². The van der Waals surface area contributed by atoms with Gasteiger partial charge in [0.1, 0.15) is 4.90 Å². The maximum absolute atomic E-state index is 12.7. The fourth-order valence-electron chi connectivity index (χ4n) is 3.14. The summed E-state index contributed by atoms with van der Waals surface area (Å²) in [5.74, 6) is 5.33. The van der Waals surface area contributed by atoms with Gasteiger partial charge in [0.15, 0.2) is 0 Å². The van der Waals surface area contributed by atoms with Crippen molar-refractivity contribution in [2.24, 2.45) is 5.84 Å². The minimum absolute atomic E-state index is 0.0600. The maximum atomic E-state index is 12.7. The van der Waals surface area contributed by atoms with Crippen LogP contribution in [0.1, 0.15) is 25.7 Å². The summed E-state index contributed by atoms with van der Waals surface area (Å²) in [6.07, 6.45) is 4.69. The van der Waals surface area contributed by atoms with Crippen LogP contribution in [0.15, 0.2) is 17.3 Å². The average Bonchev–Trinajstić information content (AvgIpc) is 2.72. The van der Waals surface area contributed by atoms with Crippen LogP contribution < -0.4 is 11.3 Å². The summed E-state index contributed by atoms with van der Waals surface area (Å²) in [6.45, 7) is 0. The highest BCUT2D eigenvalue weighted by Crippen LogP contribution is 2.39. The lowest BCUT2D eigenvalue weighted by atomic mass is 10.0. The van der Waals surface area contributed by atoms with Gasteiger partial charge in [0.25, 0.3) is 0 Å². The highest BCUT2D eigenvalue weighted by molar-refractivity contribution is 7.89. The molecule has 2 aliphatic rings. The predicted molar refractivity (Wildman–Crippen MR) is 70.9 cm³/mol. The number of nitrogens with two attached hydrogens (primary N) is 1. The zero-order valence-corrected chi connectivity index (χ0v) is 11.6. The first kappa shape index (κ1) is 13.7. The Morgan fingerprint density at radius 2 is 1.80 bits per heavy atom. The van der Waals surface area contributed by atoms with Crippen molar-refractivity contribution in [2.45, 2.75) is 48.8 Å². The van der Waals surface area contributed by atoms with E-state index in [4.69, 9.17) is 5.84 Å². The molecule has 2 fully saturated rings. The van der Waals surface area contributed by atoms with E-state index in [1.54, 1.807) is 0 Å². The van der Waals surface area contributed by atoms with Gasteiger partial charge in [-0.3, -0.25) is 5.43 Å². The SMILES string of the molecule is NNc1ncc(S(=O)(=O)N2C3CCC2CC(O)C3)cn1. The van der Waals surface area contributed by atoms with Gasteiger partial charge in [-0.15, -0.1) is 0 Å². The number of anilines is 1. The van der Waals surface area contributed by atoms with Crippen molar-refractivity contribution in [1.82, 2.24) is 14.3 Å². The van der Waals surface area contributed by atoms with Crippen molar-refractivity contribution in [2.75, 3.05) is 5.43 Å². The van der Waals surface area contributed by atoms with Gasteiger partial charge >= 0.3 is 0 Å². The van der Waals surface area contributed by atoms with Crippen LogP contribution in [0.5, 0.6) is 0 Å². The number of rotatable bonds is 3. The molecule has 3 heterocycles. The molecule has 0 saturated carbocycles. The first-order valence-electron chi connectivity index (χ1n) is 6.52. The van der Waals surface area contributed by atoms with Crippen molar-refractivity contribution in [1.29, 1.82) is 0 Å². The van der Waals surface area contributed by atoms with Crippen LogP contribution in [0.4, 0.5) is 5.95 Å². The van der Waals surface area contributed by atoms with Crippen molar-refractivity contribution >= 4 is 16.0 Å². The van der Waals surface area contributed by atoms with E-state index in [-0.39, 0.29) is 22.9 Å². The molecule has 0 radical (unpaired) electrons. The van der Waals surface area contributed by atoms with E-state index in [2.05, 4.69) is 15.4 Å². The topological polar surface area (TPSA) is 121 Å². The second-order valence-electron chi connectivity index (χ2n) is 5.23. The van der Waals surface area contributed by atoms with Gasteiger partial charge in [-0.05, 0) is 25.7 Å². The quantitative estimate of drug-likeness (QED) is 0.505. The molecule has 2 saturated heterocycles. The number of piperidine rings is 1. The number of aromatic nitrogens is 2. The standard InChI is InChI=1S/C11H17N5O3S/c12-15-11-13-5-10(6-14-11)20(18,19)16-7-1-2-8(16)4-9(17)3-7/h5-9,17H,1-4,12H2,(H,13,14,15). The third-order valence-corrected chi connectivity index (χ3v) is 5.93. The molecule has 3 rings (SSSR count). The second kappa shape index (κ2) is 4.92. The number of sulfonamides is 1. The first-order chi connectivity index (χ1) is 9.52. The van der Waals surface area contributed by atoms with E-state index in [1.807, 2.05) is 0 Å². The number of aliphatic hydroxyl groups is 1. The van der Waals surface area contributed by atoms with Crippen LogP contribution >= 0.6 is 0 Å². The summed E-state index contributed by atoms with van der Waals surface area (Å²) in [6, 6.07) is -0.248. The number of nitrogens with one attached hydrogen (secondary N) is 1. The number of nitrogens with zero attached hydrogens (tertiary/aromatic N) is 3. The zero-order chi connectivity index (χ0) is 14.3. The summed E-state index contributed by atoms with van der Waals surface area (Å²) in [5.41, 5.74) is 2.26. The molecule has 9 heteroatoms. The number of nitrogen functional groups attached to an aromatic ring is 1. The summed E-state index contributed by atoms with van der Waals surface area (Å²) >= 11 is 0. The van der Waals surface area contributed by atoms with Gasteiger partial charge in [0, 0.05) is 12.1 Å². The summed E-state index contributed by atoms with van der Waals surface area (Å²) in [5, 5.41) is 9.74. The lowest BCUT2D eigenvalue weighted by Gasteiger charge is -2.35. The molecule has 4 N–H and O–H groups in total. The Labute approximate surface area is 117 Å².